The molecule has 1 aliphatic rings. The van der Waals surface area contributed by atoms with Gasteiger partial charge in [0, 0.05) is 36.8 Å². The van der Waals surface area contributed by atoms with Crippen LogP contribution in [-0.2, 0) is 11.3 Å². The molecule has 2 aromatic carbocycles. The van der Waals surface area contributed by atoms with Crippen molar-refractivity contribution >= 4 is 17.9 Å². The van der Waals surface area contributed by atoms with E-state index in [0.717, 1.165) is 30.1 Å². The number of carbonyl (C=O) groups is 2. The van der Waals surface area contributed by atoms with E-state index in [1.807, 2.05) is 69.3 Å². The van der Waals surface area contributed by atoms with Crippen LogP contribution in [0.1, 0.15) is 46.6 Å². The second kappa shape index (κ2) is 12.3. The van der Waals surface area contributed by atoms with E-state index in [4.69, 9.17) is 9.47 Å². The summed E-state index contributed by atoms with van der Waals surface area (Å²) >= 11 is 0. The predicted octanol–water partition coefficient (Wildman–Crippen LogP) is 4.28. The van der Waals surface area contributed by atoms with Gasteiger partial charge in [-0.05, 0) is 46.8 Å². The minimum atomic E-state index is -1.13. The average molecular weight is 512 g/mol. The highest BCUT2D eigenvalue weighted by Gasteiger charge is 2.44. The topological polar surface area (TPSA) is 82.1 Å². The van der Waals surface area contributed by atoms with Gasteiger partial charge < -0.3 is 24.3 Å². The summed E-state index contributed by atoms with van der Waals surface area (Å²) in [5.41, 5.74) is 1.36. The van der Waals surface area contributed by atoms with Crippen LogP contribution in [0.15, 0.2) is 54.6 Å². The normalized spacial score (nSPS) is 19.8. The molecule has 0 bridgehead atoms. The Hall–Kier alpha value is -3.26. The zero-order chi connectivity index (χ0) is 27.1. The molecule has 0 radical (unpaired) electrons. The lowest BCUT2D eigenvalue weighted by Gasteiger charge is -2.48. The molecular formula is C29H41N3O5. The summed E-state index contributed by atoms with van der Waals surface area (Å²) in [6, 6.07) is 17.1. The summed E-state index contributed by atoms with van der Waals surface area (Å²) in [4.78, 5) is 29.4. The second-order valence-corrected chi connectivity index (χ2v) is 10.6. The van der Waals surface area contributed by atoms with Gasteiger partial charge in [-0.25, -0.2) is 4.79 Å². The summed E-state index contributed by atoms with van der Waals surface area (Å²) in [7, 11) is 0. The fraction of sp³-hybridized carbons (Fsp3) is 0.517. The molecule has 0 aliphatic carbocycles. The van der Waals surface area contributed by atoms with Gasteiger partial charge >= 0.3 is 6.09 Å². The van der Waals surface area contributed by atoms with Crippen LogP contribution in [0.5, 0.6) is 5.75 Å². The van der Waals surface area contributed by atoms with Crippen molar-refractivity contribution in [3.8, 4) is 5.75 Å². The molecule has 1 aliphatic heterocycles. The zero-order valence-electron chi connectivity index (χ0n) is 22.8. The van der Waals surface area contributed by atoms with Crippen molar-refractivity contribution < 1.29 is 28.7 Å². The molecule has 1 fully saturated rings. The Kier molecular flexibility index (Phi) is 9.43. The maximum Gasteiger partial charge on any atom is 0.410 e. The highest BCUT2D eigenvalue weighted by Crippen LogP contribution is 2.27. The van der Waals surface area contributed by atoms with Crippen LogP contribution in [0.25, 0.3) is 0 Å². The lowest BCUT2D eigenvalue weighted by atomic mass is 10.0. The quantitative estimate of drug-likeness (QED) is 0.468. The Labute approximate surface area is 221 Å². The Morgan fingerprint density at radius 3 is 2.41 bits per heavy atom. The molecule has 0 N–H and O–H groups in total. The number of rotatable bonds is 9. The van der Waals surface area contributed by atoms with E-state index < -0.39 is 17.8 Å². The average Bonchev–Trinajstić information content (AvgIpc) is 2.85. The number of anilines is 1. The third-order valence-corrected chi connectivity index (χ3v) is 6.78. The number of benzene rings is 2. The molecule has 8 heteroatoms. The number of quaternary nitrogens is 1. The summed E-state index contributed by atoms with van der Waals surface area (Å²) < 4.78 is 11.5. The van der Waals surface area contributed by atoms with Crippen LogP contribution in [0, 0.1) is 0 Å². The summed E-state index contributed by atoms with van der Waals surface area (Å²) in [5.74, 6) is 0.744. The number of nitrogens with zero attached hydrogens (tertiary/aromatic N) is 3. The first-order chi connectivity index (χ1) is 17.6. The number of ether oxygens (including phenoxy) is 2. The van der Waals surface area contributed by atoms with Crippen molar-refractivity contribution in [1.29, 1.82) is 0 Å². The number of amides is 2. The number of hydrogen-bond donors (Lipinski definition) is 0. The van der Waals surface area contributed by atoms with Crippen LogP contribution in [-0.4, -0.2) is 72.5 Å². The minimum absolute atomic E-state index is 0.222. The number of carbonyl (C=O) groups excluding carboxylic acids is 2. The molecule has 0 aromatic heterocycles. The van der Waals surface area contributed by atoms with Crippen LogP contribution in [0.4, 0.5) is 15.3 Å². The molecule has 3 rings (SSSR count). The van der Waals surface area contributed by atoms with Gasteiger partial charge in [0.25, 0.3) is 6.09 Å². The standard InChI is InChI=1S/C29H41N3O5/c1-6-30(7-2)24-14-11-15-26(20-24)36-19-16-25-22-32(28(34)35,21-23-12-9-8-10-13-23)18-17-31(25)27(33)37-29(3,4)5/h8-15,20,25H,6-7,16-19,21-22H2,1-5H3/t25-,32?/m1/s1. The number of piperazine rings is 1. The Balaban J connectivity index is 1.78. The van der Waals surface area contributed by atoms with E-state index in [9.17, 15) is 14.7 Å². The summed E-state index contributed by atoms with van der Waals surface area (Å²) in [5, 5.41) is 12.5. The maximum atomic E-state index is 13.1. The molecule has 1 unspecified atom stereocenters. The Morgan fingerprint density at radius 2 is 1.78 bits per heavy atom. The summed E-state index contributed by atoms with van der Waals surface area (Å²) in [6.07, 6.45) is -1.10. The van der Waals surface area contributed by atoms with Crippen LogP contribution in [0.2, 0.25) is 0 Å². The third kappa shape index (κ3) is 7.61. The van der Waals surface area contributed by atoms with Crippen LogP contribution in [0.3, 0.4) is 0 Å². The molecule has 1 saturated heterocycles. The smallest absolute Gasteiger partial charge is 0.410 e. The van der Waals surface area contributed by atoms with Crippen molar-refractivity contribution in [2.75, 3.05) is 44.2 Å². The zero-order valence-corrected chi connectivity index (χ0v) is 22.8. The molecule has 202 valence electrons. The lowest BCUT2D eigenvalue weighted by molar-refractivity contribution is -0.895. The molecular weight excluding hydrogens is 470 g/mol. The third-order valence-electron chi connectivity index (χ3n) is 6.78. The second-order valence-electron chi connectivity index (χ2n) is 10.6. The van der Waals surface area contributed by atoms with Gasteiger partial charge in [0.15, 0.2) is 0 Å². The van der Waals surface area contributed by atoms with Crippen LogP contribution < -0.4 is 14.7 Å². The van der Waals surface area contributed by atoms with E-state index in [1.165, 1.54) is 0 Å². The van der Waals surface area contributed by atoms with E-state index in [1.54, 1.807) is 4.90 Å². The largest absolute Gasteiger partial charge is 0.498 e. The summed E-state index contributed by atoms with van der Waals surface area (Å²) in [6.45, 7) is 12.9. The predicted molar refractivity (Wildman–Crippen MR) is 142 cm³/mol. The van der Waals surface area contributed by atoms with Crippen molar-refractivity contribution in [2.24, 2.45) is 0 Å². The molecule has 0 spiro atoms. The van der Waals surface area contributed by atoms with Gasteiger partial charge in [-0.15, -0.1) is 0 Å². The molecule has 2 amide bonds. The van der Waals surface area contributed by atoms with E-state index in [0.29, 0.717) is 19.6 Å². The maximum absolute atomic E-state index is 13.1. The van der Waals surface area contributed by atoms with Crippen LogP contribution >= 0.6 is 0 Å². The van der Waals surface area contributed by atoms with E-state index in [-0.39, 0.29) is 30.2 Å². The first kappa shape index (κ1) is 28.3. The highest BCUT2D eigenvalue weighted by atomic mass is 16.6. The molecule has 2 aromatic rings. The fourth-order valence-corrected chi connectivity index (χ4v) is 4.86. The monoisotopic (exact) mass is 511 g/mol. The van der Waals surface area contributed by atoms with Gasteiger partial charge in [0.05, 0.1) is 19.2 Å². The first-order valence-corrected chi connectivity index (χ1v) is 13.2. The van der Waals surface area contributed by atoms with Gasteiger partial charge in [-0.2, -0.15) is 0 Å². The van der Waals surface area contributed by atoms with Crippen molar-refractivity contribution in [2.45, 2.75) is 59.2 Å². The van der Waals surface area contributed by atoms with Crippen molar-refractivity contribution in [3.63, 3.8) is 0 Å². The van der Waals surface area contributed by atoms with Gasteiger partial charge in [0.1, 0.15) is 31.0 Å². The minimum Gasteiger partial charge on any atom is -0.498 e. The van der Waals surface area contributed by atoms with Crippen molar-refractivity contribution in [3.05, 3.63) is 60.2 Å². The highest BCUT2D eigenvalue weighted by molar-refractivity contribution is 5.69. The molecule has 8 nitrogen and oxygen atoms in total. The first-order valence-electron chi connectivity index (χ1n) is 13.2. The Bertz CT molecular complexity index is 1040. The SMILES string of the molecule is CCN(CC)c1cccc(OCC[C@@H]2C[N+](Cc3ccccc3)(C(=O)[O-])CCN2C(=O)OC(C)(C)C)c1. The molecule has 1 heterocycles. The van der Waals surface area contributed by atoms with Gasteiger partial charge in [-0.3, -0.25) is 9.38 Å². The molecule has 0 saturated carbocycles. The van der Waals surface area contributed by atoms with Gasteiger partial charge in [-0.1, -0.05) is 36.4 Å². The lowest BCUT2D eigenvalue weighted by Crippen LogP contribution is -2.69. The fourth-order valence-electron chi connectivity index (χ4n) is 4.86. The number of hydrogen-bond acceptors (Lipinski definition) is 6. The molecule has 2 atom stereocenters. The van der Waals surface area contributed by atoms with Crippen molar-refractivity contribution in [1.82, 2.24) is 4.90 Å². The van der Waals surface area contributed by atoms with E-state index in [2.05, 4.69) is 24.8 Å². The Morgan fingerprint density at radius 1 is 1.08 bits per heavy atom. The molecule has 37 heavy (non-hydrogen) atoms. The number of carboxylic acid groups (broad SMARTS) is 1. The van der Waals surface area contributed by atoms with E-state index >= 15 is 0 Å². The van der Waals surface area contributed by atoms with Gasteiger partial charge in [0.2, 0.25) is 0 Å².